The van der Waals surface area contributed by atoms with E-state index in [0.717, 1.165) is 25.7 Å². The van der Waals surface area contributed by atoms with Gasteiger partial charge in [-0.1, -0.05) is 20.8 Å². The summed E-state index contributed by atoms with van der Waals surface area (Å²) in [4.78, 5) is 12.3. The van der Waals surface area contributed by atoms with Crippen molar-refractivity contribution in [3.63, 3.8) is 0 Å². The summed E-state index contributed by atoms with van der Waals surface area (Å²) in [6, 6.07) is 0.132. The topological polar surface area (TPSA) is 66.0 Å². The normalized spacial score (nSPS) is 31.6. The first-order valence-electron chi connectivity index (χ1n) is 11.6. The van der Waals surface area contributed by atoms with Gasteiger partial charge in [0.1, 0.15) is 5.60 Å². The second-order valence-electron chi connectivity index (χ2n) is 12.0. The Labute approximate surface area is 183 Å². The third-order valence-corrected chi connectivity index (χ3v) is 12.1. The molecule has 1 unspecified atom stereocenters. The van der Waals surface area contributed by atoms with E-state index in [1.807, 2.05) is 20.8 Å². The molecule has 1 amide bonds. The molecule has 3 aliphatic rings. The highest BCUT2D eigenvalue weighted by molar-refractivity contribution is 6.74. The molecule has 1 spiro atoms. The molecule has 30 heavy (non-hydrogen) atoms. The van der Waals surface area contributed by atoms with Crippen molar-refractivity contribution in [2.24, 2.45) is 17.8 Å². The number of carbonyl (C=O) groups is 1. The highest BCUT2D eigenvalue weighted by atomic mass is 28.4. The summed E-state index contributed by atoms with van der Waals surface area (Å²) < 4.78 is 24.6. The highest BCUT2D eigenvalue weighted by Gasteiger charge is 2.59. The molecular formula is C23H43NO5Si. The molecule has 1 N–H and O–H groups in total. The Kier molecular flexibility index (Phi) is 6.70. The Hall–Kier alpha value is -0.633. The van der Waals surface area contributed by atoms with Crippen molar-refractivity contribution in [3.8, 4) is 0 Å². The largest absolute Gasteiger partial charge is 0.444 e. The molecular weight excluding hydrogens is 398 g/mol. The molecule has 0 radical (unpaired) electrons. The van der Waals surface area contributed by atoms with E-state index in [0.29, 0.717) is 31.7 Å². The average molecular weight is 442 g/mol. The van der Waals surface area contributed by atoms with E-state index in [1.54, 1.807) is 0 Å². The molecule has 3 rings (SSSR count). The summed E-state index contributed by atoms with van der Waals surface area (Å²) in [6.45, 7) is 19.1. The number of ether oxygens (including phenoxy) is 3. The van der Waals surface area contributed by atoms with E-state index in [4.69, 9.17) is 18.6 Å². The van der Waals surface area contributed by atoms with Gasteiger partial charge in [0.15, 0.2) is 14.1 Å². The van der Waals surface area contributed by atoms with Gasteiger partial charge in [0.05, 0.1) is 13.2 Å². The second kappa shape index (κ2) is 8.37. The molecule has 1 heterocycles. The molecule has 3 fully saturated rings. The number of rotatable bonds is 4. The Bertz CT molecular complexity index is 618. The SMILES string of the molecule is CC(C)(C)OC(=O)NC1CC[C@H]2CC3(OCCO3)[C@@H](CO[Si](C)(C)C(C)(C)C)[C@@H]2C1. The van der Waals surface area contributed by atoms with Crippen molar-refractivity contribution in [2.75, 3.05) is 19.8 Å². The van der Waals surface area contributed by atoms with Crippen LogP contribution >= 0.6 is 0 Å². The Morgan fingerprint density at radius 1 is 1.10 bits per heavy atom. The molecule has 0 bridgehead atoms. The van der Waals surface area contributed by atoms with E-state index in [2.05, 4.69) is 39.2 Å². The van der Waals surface area contributed by atoms with Crippen LogP contribution in [0.2, 0.25) is 18.1 Å². The van der Waals surface area contributed by atoms with Crippen LogP contribution in [0.5, 0.6) is 0 Å². The van der Waals surface area contributed by atoms with Gasteiger partial charge < -0.3 is 24.0 Å². The van der Waals surface area contributed by atoms with E-state index in [1.165, 1.54) is 0 Å². The Morgan fingerprint density at radius 3 is 2.30 bits per heavy atom. The van der Waals surface area contributed by atoms with Crippen molar-refractivity contribution >= 4 is 14.4 Å². The molecule has 1 aliphatic heterocycles. The molecule has 2 aliphatic carbocycles. The van der Waals surface area contributed by atoms with Crippen molar-refractivity contribution in [2.45, 2.75) is 103 Å². The molecule has 2 saturated carbocycles. The van der Waals surface area contributed by atoms with Crippen LogP contribution in [0.3, 0.4) is 0 Å². The fourth-order valence-corrected chi connectivity index (χ4v) is 6.06. The van der Waals surface area contributed by atoms with Crippen molar-refractivity contribution < 1.29 is 23.4 Å². The number of fused-ring (bicyclic) bond motifs is 1. The molecule has 0 aromatic rings. The summed E-state index contributed by atoms with van der Waals surface area (Å²) in [7, 11) is -1.87. The number of carbonyl (C=O) groups excluding carboxylic acids is 1. The van der Waals surface area contributed by atoms with E-state index >= 15 is 0 Å². The van der Waals surface area contributed by atoms with Crippen molar-refractivity contribution in [3.05, 3.63) is 0 Å². The van der Waals surface area contributed by atoms with Gasteiger partial charge in [-0.05, 0) is 70.0 Å². The van der Waals surface area contributed by atoms with Gasteiger partial charge in [0.25, 0.3) is 0 Å². The minimum Gasteiger partial charge on any atom is -0.444 e. The van der Waals surface area contributed by atoms with Crippen LogP contribution in [0.4, 0.5) is 4.79 Å². The van der Waals surface area contributed by atoms with Crippen LogP contribution in [0.15, 0.2) is 0 Å². The Balaban J connectivity index is 1.70. The summed E-state index contributed by atoms with van der Waals surface area (Å²) >= 11 is 0. The third kappa shape index (κ3) is 5.22. The van der Waals surface area contributed by atoms with Gasteiger partial charge >= 0.3 is 6.09 Å². The van der Waals surface area contributed by atoms with Crippen molar-refractivity contribution in [1.82, 2.24) is 5.32 Å². The summed E-state index contributed by atoms with van der Waals surface area (Å²) in [5.74, 6) is 0.704. The average Bonchev–Trinajstić information content (AvgIpc) is 3.15. The minimum absolute atomic E-state index is 0.132. The molecule has 0 aromatic heterocycles. The highest BCUT2D eigenvalue weighted by Crippen LogP contribution is 2.55. The molecule has 7 heteroatoms. The fourth-order valence-electron chi connectivity index (χ4n) is 5.03. The summed E-state index contributed by atoms with van der Waals surface area (Å²) in [5.41, 5.74) is -0.482. The Morgan fingerprint density at radius 2 is 1.73 bits per heavy atom. The van der Waals surface area contributed by atoms with Crippen molar-refractivity contribution in [1.29, 1.82) is 0 Å². The fraction of sp³-hybridized carbons (Fsp3) is 0.957. The monoisotopic (exact) mass is 441 g/mol. The zero-order valence-electron chi connectivity index (χ0n) is 20.3. The predicted octanol–water partition coefficient (Wildman–Crippen LogP) is 5.08. The zero-order valence-corrected chi connectivity index (χ0v) is 21.3. The second-order valence-corrected chi connectivity index (χ2v) is 16.8. The number of alkyl carbamates (subject to hydrolysis) is 1. The molecule has 174 valence electrons. The van der Waals surface area contributed by atoms with Crippen LogP contribution in [-0.2, 0) is 18.6 Å². The molecule has 1 saturated heterocycles. The first kappa shape index (κ1) is 24.0. The molecule has 4 atom stereocenters. The maximum absolute atomic E-state index is 12.3. The lowest BCUT2D eigenvalue weighted by atomic mass is 9.76. The van der Waals surface area contributed by atoms with Gasteiger partial charge in [-0.2, -0.15) is 0 Å². The number of hydrogen-bond acceptors (Lipinski definition) is 5. The number of hydrogen-bond donors (Lipinski definition) is 1. The first-order chi connectivity index (χ1) is 13.7. The van der Waals surface area contributed by atoms with Gasteiger partial charge in [-0.3, -0.25) is 0 Å². The van der Waals surface area contributed by atoms with Crippen LogP contribution in [0, 0.1) is 17.8 Å². The van der Waals surface area contributed by atoms with Crippen LogP contribution in [0.1, 0.15) is 67.2 Å². The van der Waals surface area contributed by atoms with E-state index < -0.39 is 19.7 Å². The minimum atomic E-state index is -1.87. The smallest absolute Gasteiger partial charge is 0.407 e. The third-order valence-electron chi connectivity index (χ3n) is 7.60. The molecule has 6 nitrogen and oxygen atoms in total. The molecule has 0 aromatic carbocycles. The van der Waals surface area contributed by atoms with Gasteiger partial charge in [-0.25, -0.2) is 4.79 Å². The van der Waals surface area contributed by atoms with Crippen LogP contribution in [0.25, 0.3) is 0 Å². The maximum atomic E-state index is 12.3. The zero-order chi connectivity index (χ0) is 22.4. The lowest BCUT2D eigenvalue weighted by molar-refractivity contribution is -0.193. The summed E-state index contributed by atoms with van der Waals surface area (Å²) in [5, 5.41) is 3.28. The standard InChI is InChI=1S/C23H43NO5Si/c1-21(2,3)29-20(25)24-17-10-9-16-14-23(26-11-12-27-23)19(18(16)13-17)15-28-30(7,8)22(4,5)6/h16-19H,9-15H2,1-8H3,(H,24,25)/t16-,17?,18+,19-/m0/s1. The van der Waals surface area contributed by atoms with Gasteiger partial charge in [0, 0.05) is 25.0 Å². The first-order valence-corrected chi connectivity index (χ1v) is 14.5. The number of nitrogens with one attached hydrogen (secondary N) is 1. The van der Waals surface area contributed by atoms with E-state index in [-0.39, 0.29) is 23.1 Å². The number of amides is 1. The lowest BCUT2D eigenvalue weighted by Crippen LogP contribution is -2.48. The van der Waals surface area contributed by atoms with E-state index in [9.17, 15) is 4.79 Å². The van der Waals surface area contributed by atoms with Crippen LogP contribution in [-0.4, -0.2) is 51.7 Å². The van der Waals surface area contributed by atoms with Gasteiger partial charge in [0.2, 0.25) is 0 Å². The predicted molar refractivity (Wildman–Crippen MR) is 120 cm³/mol. The lowest BCUT2D eigenvalue weighted by Gasteiger charge is -2.41. The van der Waals surface area contributed by atoms with Gasteiger partial charge in [-0.15, -0.1) is 0 Å². The maximum Gasteiger partial charge on any atom is 0.407 e. The summed E-state index contributed by atoms with van der Waals surface area (Å²) in [6.07, 6.45) is 3.62. The van der Waals surface area contributed by atoms with Crippen LogP contribution < -0.4 is 5.32 Å². The quantitative estimate of drug-likeness (QED) is 0.616.